The number of aromatic nitrogens is 3. The van der Waals surface area contributed by atoms with E-state index in [1.807, 2.05) is 30.3 Å². The van der Waals surface area contributed by atoms with Crippen molar-refractivity contribution in [3.05, 3.63) is 78.1 Å². The monoisotopic (exact) mass is 368 g/mol. The molecule has 1 aliphatic rings. The molecule has 5 rings (SSSR count). The number of H-pyrrole nitrogens is 1. The fourth-order valence-electron chi connectivity index (χ4n) is 3.96. The van der Waals surface area contributed by atoms with Crippen LogP contribution in [0.3, 0.4) is 0 Å². The molecule has 0 saturated carbocycles. The predicted octanol–water partition coefficient (Wildman–Crippen LogP) is 4.68. The molecule has 2 aromatic heterocycles. The highest BCUT2D eigenvalue weighted by molar-refractivity contribution is 5.95. The molecule has 1 amide bonds. The van der Waals surface area contributed by atoms with Crippen LogP contribution < -0.4 is 5.32 Å². The zero-order valence-electron chi connectivity index (χ0n) is 15.4. The Morgan fingerprint density at radius 2 is 1.93 bits per heavy atom. The van der Waals surface area contributed by atoms with E-state index in [9.17, 15) is 4.79 Å². The first-order valence-electron chi connectivity index (χ1n) is 9.57. The Morgan fingerprint density at radius 1 is 1.04 bits per heavy atom. The first-order valence-corrected chi connectivity index (χ1v) is 9.57. The summed E-state index contributed by atoms with van der Waals surface area (Å²) in [6.45, 7) is 0. The van der Waals surface area contributed by atoms with Crippen molar-refractivity contribution in [2.24, 2.45) is 0 Å². The van der Waals surface area contributed by atoms with Crippen LogP contribution in [0.15, 0.2) is 66.9 Å². The molecule has 2 N–H and O–H groups in total. The SMILES string of the molecule is O=C(Nc1cccc(-c2ccc3ccccc3c2)n1)C1CCCc2[nH]ncc21. The zero-order chi connectivity index (χ0) is 18.9. The third-order valence-corrected chi connectivity index (χ3v) is 5.41. The molecule has 2 aromatic carbocycles. The van der Waals surface area contributed by atoms with Crippen LogP contribution in [-0.2, 0) is 11.2 Å². The molecule has 0 bridgehead atoms. The summed E-state index contributed by atoms with van der Waals surface area (Å²) in [5, 5.41) is 12.5. The molecular weight excluding hydrogens is 348 g/mol. The summed E-state index contributed by atoms with van der Waals surface area (Å²) in [5.41, 5.74) is 3.96. The van der Waals surface area contributed by atoms with Crippen LogP contribution in [0.2, 0.25) is 0 Å². The van der Waals surface area contributed by atoms with Gasteiger partial charge in [-0.25, -0.2) is 4.98 Å². The van der Waals surface area contributed by atoms with E-state index in [1.165, 1.54) is 10.8 Å². The van der Waals surface area contributed by atoms with Gasteiger partial charge in [0.05, 0.1) is 17.8 Å². The second-order valence-corrected chi connectivity index (χ2v) is 7.21. The van der Waals surface area contributed by atoms with E-state index < -0.39 is 0 Å². The number of carbonyl (C=O) groups is 1. The van der Waals surface area contributed by atoms with Gasteiger partial charge in [0.2, 0.25) is 5.91 Å². The summed E-state index contributed by atoms with van der Waals surface area (Å²) < 4.78 is 0. The summed E-state index contributed by atoms with van der Waals surface area (Å²) in [5.74, 6) is 0.380. The van der Waals surface area contributed by atoms with Gasteiger partial charge in [-0.15, -0.1) is 0 Å². The minimum Gasteiger partial charge on any atom is -0.310 e. The maximum absolute atomic E-state index is 12.9. The Kier molecular flexibility index (Phi) is 4.13. The molecule has 1 atom stereocenters. The first kappa shape index (κ1) is 16.7. The summed E-state index contributed by atoms with van der Waals surface area (Å²) in [4.78, 5) is 17.5. The van der Waals surface area contributed by atoms with Crippen LogP contribution in [0.1, 0.15) is 30.0 Å². The summed E-state index contributed by atoms with van der Waals surface area (Å²) in [6.07, 6.45) is 4.55. The third kappa shape index (κ3) is 3.05. The van der Waals surface area contributed by atoms with Crippen LogP contribution in [0.4, 0.5) is 5.82 Å². The molecule has 28 heavy (non-hydrogen) atoms. The van der Waals surface area contributed by atoms with E-state index in [-0.39, 0.29) is 11.8 Å². The number of aryl methyl sites for hydroxylation is 1. The molecule has 0 radical (unpaired) electrons. The van der Waals surface area contributed by atoms with Gasteiger partial charge in [-0.05, 0) is 48.2 Å². The predicted molar refractivity (Wildman–Crippen MR) is 110 cm³/mol. The Morgan fingerprint density at radius 3 is 2.86 bits per heavy atom. The van der Waals surface area contributed by atoms with Gasteiger partial charge in [0.1, 0.15) is 5.82 Å². The van der Waals surface area contributed by atoms with Gasteiger partial charge in [0.15, 0.2) is 0 Å². The largest absolute Gasteiger partial charge is 0.310 e. The van der Waals surface area contributed by atoms with Crippen molar-refractivity contribution >= 4 is 22.5 Å². The van der Waals surface area contributed by atoms with Crippen molar-refractivity contribution in [3.8, 4) is 11.3 Å². The highest BCUT2D eigenvalue weighted by Gasteiger charge is 2.28. The van der Waals surface area contributed by atoms with Gasteiger partial charge in [0, 0.05) is 16.8 Å². The molecule has 0 spiro atoms. The quantitative estimate of drug-likeness (QED) is 0.551. The normalized spacial score (nSPS) is 15.9. The number of hydrogen-bond acceptors (Lipinski definition) is 3. The molecule has 1 aliphatic carbocycles. The summed E-state index contributed by atoms with van der Waals surface area (Å²) in [7, 11) is 0. The number of hydrogen-bond donors (Lipinski definition) is 2. The number of aromatic amines is 1. The van der Waals surface area contributed by atoms with E-state index >= 15 is 0 Å². The number of nitrogens with zero attached hydrogens (tertiary/aromatic N) is 2. The lowest BCUT2D eigenvalue weighted by Gasteiger charge is -2.21. The molecule has 4 aromatic rings. The molecule has 0 saturated heterocycles. The fraction of sp³-hybridized carbons (Fsp3) is 0.174. The fourth-order valence-corrected chi connectivity index (χ4v) is 3.96. The Hall–Kier alpha value is -3.47. The summed E-state index contributed by atoms with van der Waals surface area (Å²) >= 11 is 0. The molecule has 0 fully saturated rings. The zero-order valence-corrected chi connectivity index (χ0v) is 15.4. The first-order chi connectivity index (χ1) is 13.8. The standard InChI is InChI=1S/C23H20N4O/c28-23(18-7-3-9-21-19(18)14-24-27-21)26-22-10-4-8-20(25-22)17-12-11-15-5-1-2-6-16(15)13-17/h1-2,4-6,8,10-14,18H,3,7,9H2,(H,24,27)(H,25,26,28). The van der Waals surface area contributed by atoms with Gasteiger partial charge in [-0.1, -0.05) is 42.5 Å². The maximum atomic E-state index is 12.9. The van der Waals surface area contributed by atoms with Crippen molar-refractivity contribution in [1.82, 2.24) is 15.2 Å². The minimum absolute atomic E-state index is 0.0227. The minimum atomic E-state index is -0.173. The van der Waals surface area contributed by atoms with Crippen molar-refractivity contribution in [3.63, 3.8) is 0 Å². The highest BCUT2D eigenvalue weighted by Crippen LogP contribution is 2.31. The maximum Gasteiger partial charge on any atom is 0.233 e. The number of anilines is 1. The number of nitrogens with one attached hydrogen (secondary N) is 2. The average molecular weight is 368 g/mol. The molecule has 2 heterocycles. The second-order valence-electron chi connectivity index (χ2n) is 7.21. The van der Waals surface area contributed by atoms with Crippen molar-refractivity contribution in [1.29, 1.82) is 0 Å². The number of fused-ring (bicyclic) bond motifs is 2. The lowest BCUT2D eigenvalue weighted by molar-refractivity contribution is -0.117. The Bertz CT molecular complexity index is 1160. The van der Waals surface area contributed by atoms with E-state index in [4.69, 9.17) is 0 Å². The number of pyridine rings is 1. The number of benzene rings is 2. The van der Waals surface area contributed by atoms with Crippen LogP contribution in [0, 0.1) is 0 Å². The molecular formula is C23H20N4O. The summed E-state index contributed by atoms with van der Waals surface area (Å²) in [6, 6.07) is 20.3. The van der Waals surface area contributed by atoms with Gasteiger partial charge >= 0.3 is 0 Å². The van der Waals surface area contributed by atoms with Gasteiger partial charge in [-0.2, -0.15) is 5.10 Å². The van der Waals surface area contributed by atoms with Crippen LogP contribution >= 0.6 is 0 Å². The molecule has 5 heteroatoms. The van der Waals surface area contributed by atoms with Crippen molar-refractivity contribution in [2.45, 2.75) is 25.2 Å². The molecule has 1 unspecified atom stereocenters. The average Bonchev–Trinajstić information content (AvgIpc) is 3.22. The van der Waals surface area contributed by atoms with Crippen molar-refractivity contribution in [2.75, 3.05) is 5.32 Å². The van der Waals surface area contributed by atoms with E-state index in [2.05, 4.69) is 50.8 Å². The number of amides is 1. The van der Waals surface area contributed by atoms with Crippen LogP contribution in [-0.4, -0.2) is 21.1 Å². The van der Waals surface area contributed by atoms with Crippen LogP contribution in [0.25, 0.3) is 22.0 Å². The molecule has 5 nitrogen and oxygen atoms in total. The van der Waals surface area contributed by atoms with Crippen molar-refractivity contribution < 1.29 is 4.79 Å². The van der Waals surface area contributed by atoms with Gasteiger partial charge in [0.25, 0.3) is 0 Å². The lowest BCUT2D eigenvalue weighted by atomic mass is 9.86. The Labute approximate surface area is 162 Å². The smallest absolute Gasteiger partial charge is 0.233 e. The van der Waals surface area contributed by atoms with E-state index in [1.54, 1.807) is 6.20 Å². The van der Waals surface area contributed by atoms with E-state index in [0.29, 0.717) is 5.82 Å². The number of carbonyl (C=O) groups excluding carboxylic acids is 1. The second kappa shape index (κ2) is 6.93. The van der Waals surface area contributed by atoms with E-state index in [0.717, 1.165) is 41.8 Å². The lowest BCUT2D eigenvalue weighted by Crippen LogP contribution is -2.24. The third-order valence-electron chi connectivity index (χ3n) is 5.41. The van der Waals surface area contributed by atoms with Crippen LogP contribution in [0.5, 0.6) is 0 Å². The van der Waals surface area contributed by atoms with Gasteiger partial charge < -0.3 is 5.32 Å². The molecule has 138 valence electrons. The molecule has 0 aliphatic heterocycles. The Balaban J connectivity index is 1.41. The number of rotatable bonds is 3. The highest BCUT2D eigenvalue weighted by atomic mass is 16.1. The van der Waals surface area contributed by atoms with Gasteiger partial charge in [-0.3, -0.25) is 9.89 Å². The topological polar surface area (TPSA) is 70.7 Å².